The lowest BCUT2D eigenvalue weighted by molar-refractivity contribution is -0.116. The van der Waals surface area contributed by atoms with Gasteiger partial charge in [-0.15, -0.1) is 0 Å². The number of benzene rings is 1. The highest BCUT2D eigenvalue weighted by atomic mass is 35.5. The number of nitrogens with one attached hydrogen (secondary N) is 1. The molecule has 1 amide bonds. The summed E-state index contributed by atoms with van der Waals surface area (Å²) in [5, 5.41) is 7.83. The van der Waals surface area contributed by atoms with Crippen LogP contribution in [0.4, 0.5) is 5.69 Å². The number of carbonyl (C=O) groups excluding carboxylic acids is 1. The molecule has 8 heteroatoms. The van der Waals surface area contributed by atoms with Gasteiger partial charge in [0.15, 0.2) is 0 Å². The topological polar surface area (TPSA) is 89.3 Å². The van der Waals surface area contributed by atoms with Crippen molar-refractivity contribution in [3.8, 4) is 0 Å². The monoisotopic (exact) mass is 352 g/mol. The van der Waals surface area contributed by atoms with E-state index in [1.165, 1.54) is 13.0 Å². The lowest BCUT2D eigenvalue weighted by Gasteiger charge is -2.14. The standard InChI is InChI=1S/C13H18Cl2N2O3S/c1-3-4-5-6-11(18)17-13-9(14)7-10(21(16,19)20)8(2)12(13)15/h7H,3-6H2,1-2H3,(H,17,18)(H2,16,19,20). The number of halogens is 2. The molecule has 0 saturated carbocycles. The molecule has 0 aliphatic carbocycles. The molecule has 0 radical (unpaired) electrons. The van der Waals surface area contributed by atoms with Crippen molar-refractivity contribution < 1.29 is 13.2 Å². The van der Waals surface area contributed by atoms with Gasteiger partial charge < -0.3 is 5.32 Å². The minimum atomic E-state index is -3.92. The highest BCUT2D eigenvalue weighted by Crippen LogP contribution is 2.36. The van der Waals surface area contributed by atoms with Crippen LogP contribution in [0.25, 0.3) is 0 Å². The van der Waals surface area contributed by atoms with Crippen molar-refractivity contribution in [1.29, 1.82) is 0 Å². The summed E-state index contributed by atoms with van der Waals surface area (Å²) in [7, 11) is -3.92. The summed E-state index contributed by atoms with van der Waals surface area (Å²) in [6.07, 6.45) is 3.09. The Balaban J connectivity index is 3.05. The first-order chi connectivity index (χ1) is 9.68. The van der Waals surface area contributed by atoms with E-state index in [2.05, 4.69) is 5.32 Å². The number of primary sulfonamides is 1. The summed E-state index contributed by atoms with van der Waals surface area (Å²) < 4.78 is 22.9. The van der Waals surface area contributed by atoms with E-state index in [1.54, 1.807) is 0 Å². The molecule has 21 heavy (non-hydrogen) atoms. The number of nitrogens with two attached hydrogens (primary N) is 1. The summed E-state index contributed by atoms with van der Waals surface area (Å²) in [4.78, 5) is 11.7. The molecule has 0 unspecified atom stereocenters. The Kier molecular flexibility index (Phi) is 6.46. The quantitative estimate of drug-likeness (QED) is 0.768. The molecule has 1 rings (SSSR count). The van der Waals surface area contributed by atoms with Gasteiger partial charge >= 0.3 is 0 Å². The number of rotatable bonds is 6. The largest absolute Gasteiger partial charge is 0.324 e. The molecule has 0 heterocycles. The minimum Gasteiger partial charge on any atom is -0.324 e. The number of amides is 1. The molecule has 0 bridgehead atoms. The van der Waals surface area contributed by atoms with Gasteiger partial charge in [-0.3, -0.25) is 4.79 Å². The van der Waals surface area contributed by atoms with Crippen LogP contribution in [0, 0.1) is 6.92 Å². The van der Waals surface area contributed by atoms with Crippen molar-refractivity contribution in [1.82, 2.24) is 0 Å². The van der Waals surface area contributed by atoms with Crippen molar-refractivity contribution in [2.24, 2.45) is 5.14 Å². The molecular weight excluding hydrogens is 335 g/mol. The zero-order chi connectivity index (χ0) is 16.2. The van der Waals surface area contributed by atoms with E-state index in [1.807, 2.05) is 6.92 Å². The zero-order valence-electron chi connectivity index (χ0n) is 11.9. The van der Waals surface area contributed by atoms with Gasteiger partial charge in [0.1, 0.15) is 0 Å². The summed E-state index contributed by atoms with van der Waals surface area (Å²) in [5.74, 6) is -0.213. The molecule has 0 fully saturated rings. The molecule has 0 aliphatic rings. The molecule has 0 saturated heterocycles. The van der Waals surface area contributed by atoms with Gasteiger partial charge in [0.25, 0.3) is 0 Å². The molecule has 118 valence electrons. The van der Waals surface area contributed by atoms with E-state index >= 15 is 0 Å². The van der Waals surface area contributed by atoms with Crippen LogP contribution in [0.2, 0.25) is 10.0 Å². The molecular formula is C13H18Cl2N2O3S. The smallest absolute Gasteiger partial charge is 0.238 e. The highest BCUT2D eigenvalue weighted by Gasteiger charge is 2.20. The summed E-state index contributed by atoms with van der Waals surface area (Å²) in [6, 6.07) is 1.19. The Bertz CT molecular complexity index is 645. The van der Waals surface area contributed by atoms with Crippen LogP contribution in [-0.4, -0.2) is 14.3 Å². The van der Waals surface area contributed by atoms with Crippen molar-refractivity contribution in [2.45, 2.75) is 44.4 Å². The van der Waals surface area contributed by atoms with E-state index in [4.69, 9.17) is 28.3 Å². The molecule has 0 spiro atoms. The third kappa shape index (κ3) is 4.85. The number of sulfonamides is 1. The Morgan fingerprint density at radius 2 is 1.95 bits per heavy atom. The first-order valence-electron chi connectivity index (χ1n) is 6.49. The summed E-state index contributed by atoms with van der Waals surface area (Å²) in [6.45, 7) is 3.55. The fraction of sp³-hybridized carbons (Fsp3) is 0.462. The van der Waals surface area contributed by atoms with Crippen LogP contribution >= 0.6 is 23.2 Å². The van der Waals surface area contributed by atoms with Gasteiger partial charge in [0.05, 0.1) is 20.6 Å². The first kappa shape index (κ1) is 18.2. The third-order valence-electron chi connectivity index (χ3n) is 2.99. The summed E-state index contributed by atoms with van der Waals surface area (Å²) in [5.41, 5.74) is 0.470. The second kappa shape index (κ2) is 7.45. The molecule has 3 N–H and O–H groups in total. The van der Waals surface area contributed by atoms with Gasteiger partial charge in [0.2, 0.25) is 15.9 Å². The molecule has 1 aromatic rings. The van der Waals surface area contributed by atoms with Crippen LogP contribution in [0.15, 0.2) is 11.0 Å². The normalized spacial score (nSPS) is 11.5. The van der Waals surface area contributed by atoms with Crippen LogP contribution in [0.1, 0.15) is 38.2 Å². The second-order valence-electron chi connectivity index (χ2n) is 4.72. The van der Waals surface area contributed by atoms with Crippen LogP contribution in [0.3, 0.4) is 0 Å². The highest BCUT2D eigenvalue weighted by molar-refractivity contribution is 7.89. The fourth-order valence-electron chi connectivity index (χ4n) is 1.84. The molecule has 0 atom stereocenters. The molecule has 0 aliphatic heterocycles. The van der Waals surface area contributed by atoms with Crippen molar-refractivity contribution >= 4 is 44.8 Å². The van der Waals surface area contributed by atoms with E-state index < -0.39 is 10.0 Å². The van der Waals surface area contributed by atoms with Crippen LogP contribution in [0.5, 0.6) is 0 Å². The predicted octanol–water partition coefficient (Wildman–Crippen LogP) is 3.47. The predicted molar refractivity (Wildman–Crippen MR) is 85.3 cm³/mol. The summed E-state index contributed by atoms with van der Waals surface area (Å²) >= 11 is 12.1. The third-order valence-corrected chi connectivity index (χ3v) is 4.80. The van der Waals surface area contributed by atoms with Gasteiger partial charge in [-0.1, -0.05) is 43.0 Å². The van der Waals surface area contributed by atoms with Gasteiger partial charge in [-0.05, 0) is 25.0 Å². The van der Waals surface area contributed by atoms with Gasteiger partial charge in [0, 0.05) is 6.42 Å². The number of hydrogen-bond acceptors (Lipinski definition) is 3. The lowest BCUT2D eigenvalue weighted by atomic mass is 10.2. The van der Waals surface area contributed by atoms with E-state index in [0.29, 0.717) is 6.42 Å². The maximum absolute atomic E-state index is 11.8. The zero-order valence-corrected chi connectivity index (χ0v) is 14.2. The SMILES string of the molecule is CCCCCC(=O)Nc1c(Cl)cc(S(N)(=O)=O)c(C)c1Cl. The fourth-order valence-corrected chi connectivity index (χ4v) is 3.33. The van der Waals surface area contributed by atoms with Crippen LogP contribution in [-0.2, 0) is 14.8 Å². The maximum Gasteiger partial charge on any atom is 0.238 e. The molecule has 5 nitrogen and oxygen atoms in total. The molecule has 0 aromatic heterocycles. The van der Waals surface area contributed by atoms with Crippen molar-refractivity contribution in [3.63, 3.8) is 0 Å². The number of carbonyl (C=O) groups is 1. The van der Waals surface area contributed by atoms with Crippen LogP contribution < -0.4 is 10.5 Å². The first-order valence-corrected chi connectivity index (χ1v) is 8.80. The molecule has 1 aromatic carbocycles. The van der Waals surface area contributed by atoms with E-state index in [0.717, 1.165) is 19.3 Å². The minimum absolute atomic E-state index is 0.0402. The van der Waals surface area contributed by atoms with Crippen molar-refractivity contribution in [3.05, 3.63) is 21.7 Å². The average Bonchev–Trinajstić information content (AvgIpc) is 2.38. The number of anilines is 1. The average molecular weight is 353 g/mol. The van der Waals surface area contributed by atoms with E-state index in [9.17, 15) is 13.2 Å². The van der Waals surface area contributed by atoms with Gasteiger partial charge in [-0.25, -0.2) is 13.6 Å². The van der Waals surface area contributed by atoms with E-state index in [-0.39, 0.29) is 32.1 Å². The Labute approximate surface area is 134 Å². The van der Waals surface area contributed by atoms with Crippen molar-refractivity contribution in [2.75, 3.05) is 5.32 Å². The maximum atomic E-state index is 11.8. The Hall–Kier alpha value is -0.820. The van der Waals surface area contributed by atoms with Gasteiger partial charge in [-0.2, -0.15) is 0 Å². The second-order valence-corrected chi connectivity index (χ2v) is 7.04. The number of unbranched alkanes of at least 4 members (excludes halogenated alkanes) is 2. The lowest BCUT2D eigenvalue weighted by Crippen LogP contribution is -2.16. The Morgan fingerprint density at radius 1 is 1.33 bits per heavy atom. The number of hydrogen-bond donors (Lipinski definition) is 2. The Morgan fingerprint density at radius 3 is 2.48 bits per heavy atom.